The molecule has 0 radical (unpaired) electrons. The van der Waals surface area contributed by atoms with E-state index < -0.39 is 0 Å². The smallest absolute Gasteiger partial charge is 0.338 e. The Kier molecular flexibility index (Phi) is 5.26. The Labute approximate surface area is 153 Å². The van der Waals surface area contributed by atoms with E-state index in [2.05, 4.69) is 36.4 Å². The molecule has 0 bridgehead atoms. The van der Waals surface area contributed by atoms with Gasteiger partial charge in [0.25, 0.3) is 0 Å². The molecule has 0 spiro atoms. The molecule has 26 heavy (non-hydrogen) atoms. The standard InChI is InChI=1S/C21H24N2O3/c1-5-23-19-10-8-16(21(24)25-6-2)12-18(19)22-20(23)13-26-17-9-7-14(3)15(4)11-17/h7-12H,5-6,13H2,1-4H3. The first-order valence-corrected chi connectivity index (χ1v) is 8.89. The van der Waals surface area contributed by atoms with Crippen molar-refractivity contribution in [3.8, 4) is 5.75 Å². The number of carbonyl (C=O) groups is 1. The normalized spacial score (nSPS) is 10.9. The van der Waals surface area contributed by atoms with Gasteiger partial charge < -0.3 is 14.0 Å². The molecule has 5 nitrogen and oxygen atoms in total. The highest BCUT2D eigenvalue weighted by molar-refractivity contribution is 5.93. The van der Waals surface area contributed by atoms with Crippen molar-refractivity contribution in [2.75, 3.05) is 6.61 Å². The van der Waals surface area contributed by atoms with Crippen LogP contribution in [0.3, 0.4) is 0 Å². The fraction of sp³-hybridized carbons (Fsp3) is 0.333. The zero-order chi connectivity index (χ0) is 18.7. The summed E-state index contributed by atoms with van der Waals surface area (Å²) in [5, 5.41) is 0. The zero-order valence-electron chi connectivity index (χ0n) is 15.7. The van der Waals surface area contributed by atoms with Gasteiger partial charge in [0.2, 0.25) is 0 Å². The third kappa shape index (κ3) is 3.57. The van der Waals surface area contributed by atoms with Crippen molar-refractivity contribution >= 4 is 17.0 Å². The van der Waals surface area contributed by atoms with Gasteiger partial charge in [0.05, 0.1) is 23.2 Å². The first-order chi connectivity index (χ1) is 12.5. The average Bonchev–Trinajstić information content (AvgIpc) is 2.99. The van der Waals surface area contributed by atoms with Crippen molar-refractivity contribution in [1.29, 1.82) is 0 Å². The van der Waals surface area contributed by atoms with Gasteiger partial charge in [-0.15, -0.1) is 0 Å². The average molecular weight is 352 g/mol. The van der Waals surface area contributed by atoms with E-state index in [-0.39, 0.29) is 5.97 Å². The zero-order valence-corrected chi connectivity index (χ0v) is 15.7. The number of aryl methyl sites for hydroxylation is 3. The van der Waals surface area contributed by atoms with Crippen LogP contribution in [0.2, 0.25) is 0 Å². The number of nitrogens with zero attached hydrogens (tertiary/aromatic N) is 2. The van der Waals surface area contributed by atoms with Gasteiger partial charge in [0.15, 0.2) is 0 Å². The lowest BCUT2D eigenvalue weighted by Crippen LogP contribution is -2.06. The molecule has 0 amide bonds. The third-order valence-electron chi connectivity index (χ3n) is 4.50. The SMILES string of the molecule is CCOC(=O)c1ccc2c(c1)nc(COc1ccc(C)c(C)c1)n2CC. The van der Waals surface area contributed by atoms with Crippen LogP contribution in [-0.4, -0.2) is 22.1 Å². The van der Waals surface area contributed by atoms with Crippen LogP contribution in [0, 0.1) is 13.8 Å². The van der Waals surface area contributed by atoms with Crippen LogP contribution in [0.1, 0.15) is 41.2 Å². The first-order valence-electron chi connectivity index (χ1n) is 8.89. The number of ether oxygens (including phenoxy) is 2. The minimum absolute atomic E-state index is 0.326. The maximum absolute atomic E-state index is 11.9. The Morgan fingerprint density at radius 3 is 2.58 bits per heavy atom. The van der Waals surface area contributed by atoms with Crippen LogP contribution < -0.4 is 4.74 Å². The monoisotopic (exact) mass is 352 g/mol. The number of fused-ring (bicyclic) bond motifs is 1. The highest BCUT2D eigenvalue weighted by Gasteiger charge is 2.14. The molecule has 0 unspecified atom stereocenters. The molecule has 3 aromatic rings. The van der Waals surface area contributed by atoms with Crippen molar-refractivity contribution in [1.82, 2.24) is 9.55 Å². The number of imidazole rings is 1. The van der Waals surface area contributed by atoms with Crippen molar-refractivity contribution < 1.29 is 14.3 Å². The van der Waals surface area contributed by atoms with Crippen molar-refractivity contribution in [2.45, 2.75) is 40.8 Å². The Balaban J connectivity index is 1.87. The number of rotatable bonds is 6. The van der Waals surface area contributed by atoms with Gasteiger partial charge in [-0.3, -0.25) is 0 Å². The molecule has 0 saturated carbocycles. The van der Waals surface area contributed by atoms with Crippen LogP contribution in [0.25, 0.3) is 11.0 Å². The number of benzene rings is 2. The molecule has 1 aromatic heterocycles. The summed E-state index contributed by atoms with van der Waals surface area (Å²) in [6.07, 6.45) is 0. The van der Waals surface area contributed by atoms with Gasteiger partial charge in [0, 0.05) is 6.54 Å². The second kappa shape index (κ2) is 7.60. The minimum atomic E-state index is -0.326. The lowest BCUT2D eigenvalue weighted by Gasteiger charge is -2.10. The van der Waals surface area contributed by atoms with E-state index >= 15 is 0 Å². The van der Waals surface area contributed by atoms with Crippen LogP contribution in [0.5, 0.6) is 5.75 Å². The topological polar surface area (TPSA) is 53.4 Å². The molecule has 1 heterocycles. The first kappa shape index (κ1) is 18.0. The second-order valence-electron chi connectivity index (χ2n) is 6.23. The minimum Gasteiger partial charge on any atom is -0.486 e. The number of hydrogen-bond donors (Lipinski definition) is 0. The quantitative estimate of drug-likeness (QED) is 0.616. The van der Waals surface area contributed by atoms with Gasteiger partial charge in [0.1, 0.15) is 18.2 Å². The number of aromatic nitrogens is 2. The summed E-state index contributed by atoms with van der Waals surface area (Å²) >= 11 is 0. The van der Waals surface area contributed by atoms with Crippen LogP contribution in [-0.2, 0) is 17.9 Å². The van der Waals surface area contributed by atoms with Crippen LogP contribution >= 0.6 is 0 Å². The van der Waals surface area contributed by atoms with Gasteiger partial charge in [-0.1, -0.05) is 6.07 Å². The van der Waals surface area contributed by atoms with Gasteiger partial charge in [-0.2, -0.15) is 0 Å². The van der Waals surface area contributed by atoms with Crippen LogP contribution in [0.15, 0.2) is 36.4 Å². The molecule has 0 aliphatic heterocycles. The maximum Gasteiger partial charge on any atom is 0.338 e. The second-order valence-corrected chi connectivity index (χ2v) is 6.23. The molecule has 0 saturated heterocycles. The lowest BCUT2D eigenvalue weighted by molar-refractivity contribution is 0.0526. The molecule has 0 aliphatic carbocycles. The highest BCUT2D eigenvalue weighted by atomic mass is 16.5. The van der Waals surface area contributed by atoms with Crippen molar-refractivity contribution in [3.63, 3.8) is 0 Å². The van der Waals surface area contributed by atoms with Crippen molar-refractivity contribution in [2.24, 2.45) is 0 Å². The Bertz CT molecular complexity index is 944. The predicted octanol–water partition coefficient (Wildman–Crippen LogP) is 4.43. The molecule has 0 aliphatic rings. The largest absolute Gasteiger partial charge is 0.486 e. The summed E-state index contributed by atoms with van der Waals surface area (Å²) in [6.45, 7) is 9.53. The van der Waals surface area contributed by atoms with E-state index in [0.29, 0.717) is 18.8 Å². The summed E-state index contributed by atoms with van der Waals surface area (Å²) in [5.41, 5.74) is 4.72. The fourth-order valence-electron chi connectivity index (χ4n) is 2.94. The van der Waals surface area contributed by atoms with E-state index in [0.717, 1.165) is 29.2 Å². The molecule has 0 N–H and O–H groups in total. The predicted molar refractivity (Wildman–Crippen MR) is 102 cm³/mol. The Morgan fingerprint density at radius 1 is 1.08 bits per heavy atom. The summed E-state index contributed by atoms with van der Waals surface area (Å²) in [6, 6.07) is 11.5. The molecule has 3 rings (SSSR count). The lowest BCUT2D eigenvalue weighted by atomic mass is 10.1. The third-order valence-corrected chi connectivity index (χ3v) is 4.50. The highest BCUT2D eigenvalue weighted by Crippen LogP contribution is 2.21. The molecule has 5 heteroatoms. The molecule has 0 atom stereocenters. The summed E-state index contributed by atoms with van der Waals surface area (Å²) in [5.74, 6) is 1.34. The van der Waals surface area contributed by atoms with Gasteiger partial charge >= 0.3 is 5.97 Å². The maximum atomic E-state index is 11.9. The Hall–Kier alpha value is -2.82. The van der Waals surface area contributed by atoms with Crippen LogP contribution in [0.4, 0.5) is 0 Å². The Morgan fingerprint density at radius 2 is 1.88 bits per heavy atom. The summed E-state index contributed by atoms with van der Waals surface area (Å²) in [4.78, 5) is 16.6. The molecular formula is C21H24N2O3. The summed E-state index contributed by atoms with van der Waals surface area (Å²) in [7, 11) is 0. The van der Waals surface area contributed by atoms with Gasteiger partial charge in [-0.05, 0) is 69.2 Å². The van der Waals surface area contributed by atoms with E-state index in [9.17, 15) is 4.79 Å². The van der Waals surface area contributed by atoms with Gasteiger partial charge in [-0.25, -0.2) is 9.78 Å². The summed E-state index contributed by atoms with van der Waals surface area (Å²) < 4.78 is 13.1. The number of carbonyl (C=O) groups excluding carboxylic acids is 1. The van der Waals surface area contributed by atoms with E-state index in [1.165, 1.54) is 11.1 Å². The van der Waals surface area contributed by atoms with E-state index in [1.54, 1.807) is 19.1 Å². The number of hydrogen-bond acceptors (Lipinski definition) is 4. The fourth-order valence-corrected chi connectivity index (χ4v) is 2.94. The molecule has 136 valence electrons. The van der Waals surface area contributed by atoms with E-state index in [4.69, 9.17) is 9.47 Å². The molecular weight excluding hydrogens is 328 g/mol. The molecule has 2 aromatic carbocycles. The number of esters is 1. The molecule has 0 fully saturated rings. The van der Waals surface area contributed by atoms with Crippen molar-refractivity contribution in [3.05, 3.63) is 58.9 Å². The van der Waals surface area contributed by atoms with E-state index in [1.807, 2.05) is 18.2 Å².